The lowest BCUT2D eigenvalue weighted by molar-refractivity contribution is -0.119. The minimum Gasteiger partial charge on any atom is -0.451 e. The van der Waals surface area contributed by atoms with Crippen molar-refractivity contribution in [2.45, 2.75) is 20.8 Å². The molecule has 0 spiro atoms. The van der Waals surface area contributed by atoms with Crippen molar-refractivity contribution in [1.82, 2.24) is 4.98 Å². The Morgan fingerprint density at radius 2 is 1.81 bits per heavy atom. The van der Waals surface area contributed by atoms with Crippen molar-refractivity contribution in [3.8, 4) is 11.5 Å². The molecular weight excluding hydrogens is 344 g/mol. The van der Waals surface area contributed by atoms with Crippen LogP contribution >= 0.6 is 0 Å². The summed E-state index contributed by atoms with van der Waals surface area (Å²) in [6.07, 6.45) is 0. The van der Waals surface area contributed by atoms with Crippen LogP contribution in [0.2, 0.25) is 0 Å². The maximum absolute atomic E-state index is 12.3. The topological polar surface area (TPSA) is 81.4 Å². The molecule has 0 unspecified atom stereocenters. The van der Waals surface area contributed by atoms with Crippen molar-refractivity contribution in [1.29, 1.82) is 0 Å². The Morgan fingerprint density at radius 3 is 2.56 bits per heavy atom. The van der Waals surface area contributed by atoms with Crippen molar-refractivity contribution < 1.29 is 18.7 Å². The van der Waals surface area contributed by atoms with Crippen LogP contribution in [0.15, 0.2) is 52.9 Å². The van der Waals surface area contributed by atoms with Gasteiger partial charge in [-0.25, -0.2) is 9.78 Å². The van der Waals surface area contributed by atoms with E-state index in [0.29, 0.717) is 17.3 Å². The number of hydrogen-bond acceptors (Lipinski definition) is 5. The van der Waals surface area contributed by atoms with E-state index in [1.807, 2.05) is 62.4 Å². The predicted molar refractivity (Wildman–Crippen MR) is 102 cm³/mol. The minimum atomic E-state index is -0.699. The maximum atomic E-state index is 12.3. The Kier molecular flexibility index (Phi) is 5.35. The molecule has 1 N–H and O–H groups in total. The van der Waals surface area contributed by atoms with Crippen molar-refractivity contribution in [2.75, 3.05) is 11.9 Å². The van der Waals surface area contributed by atoms with Gasteiger partial charge in [0, 0.05) is 11.3 Å². The second kappa shape index (κ2) is 7.86. The standard InChI is InChI=1S/C21H20N2O4/c1-13-9-10-14(2)17(11-13)22-18(24)12-26-21(25)19-15(3)27-20(23-19)16-7-5-4-6-8-16/h4-11H,12H2,1-3H3,(H,22,24). The molecule has 0 bridgehead atoms. The number of amides is 1. The van der Waals surface area contributed by atoms with Crippen LogP contribution in [0.3, 0.4) is 0 Å². The molecule has 1 aromatic heterocycles. The summed E-state index contributed by atoms with van der Waals surface area (Å²) in [5.74, 6) is -0.440. The molecule has 27 heavy (non-hydrogen) atoms. The van der Waals surface area contributed by atoms with Gasteiger partial charge in [0.2, 0.25) is 5.89 Å². The molecule has 0 fully saturated rings. The van der Waals surface area contributed by atoms with Gasteiger partial charge < -0.3 is 14.5 Å². The van der Waals surface area contributed by atoms with Gasteiger partial charge in [-0.15, -0.1) is 0 Å². The highest BCUT2D eigenvalue weighted by Gasteiger charge is 2.20. The molecule has 6 nitrogen and oxygen atoms in total. The van der Waals surface area contributed by atoms with E-state index in [0.717, 1.165) is 16.7 Å². The molecule has 3 rings (SSSR count). The number of esters is 1. The van der Waals surface area contributed by atoms with Gasteiger partial charge in [0.15, 0.2) is 12.3 Å². The number of carbonyl (C=O) groups is 2. The van der Waals surface area contributed by atoms with Gasteiger partial charge in [-0.3, -0.25) is 4.79 Å². The smallest absolute Gasteiger partial charge is 0.361 e. The lowest BCUT2D eigenvalue weighted by Crippen LogP contribution is -2.21. The Morgan fingerprint density at radius 1 is 1.07 bits per heavy atom. The molecule has 2 aromatic carbocycles. The van der Waals surface area contributed by atoms with E-state index in [1.165, 1.54) is 0 Å². The third-order valence-corrected chi connectivity index (χ3v) is 4.01. The van der Waals surface area contributed by atoms with Crippen LogP contribution in [0, 0.1) is 20.8 Å². The first-order chi connectivity index (χ1) is 12.9. The molecule has 0 aliphatic heterocycles. The molecular formula is C21H20N2O4. The lowest BCUT2D eigenvalue weighted by atomic mass is 10.1. The Bertz CT molecular complexity index is 977. The Balaban J connectivity index is 1.63. The van der Waals surface area contributed by atoms with E-state index < -0.39 is 18.5 Å². The predicted octanol–water partition coefficient (Wildman–Crippen LogP) is 4.06. The van der Waals surface area contributed by atoms with Gasteiger partial charge in [0.05, 0.1) is 0 Å². The number of benzene rings is 2. The van der Waals surface area contributed by atoms with Gasteiger partial charge >= 0.3 is 5.97 Å². The zero-order chi connectivity index (χ0) is 19.4. The molecule has 1 amide bonds. The minimum absolute atomic E-state index is 0.0633. The van der Waals surface area contributed by atoms with E-state index in [2.05, 4.69) is 10.3 Å². The molecule has 1 heterocycles. The van der Waals surface area contributed by atoms with Crippen LogP contribution in [0.25, 0.3) is 11.5 Å². The first kappa shape index (κ1) is 18.4. The summed E-state index contributed by atoms with van der Waals surface area (Å²) >= 11 is 0. The summed E-state index contributed by atoms with van der Waals surface area (Å²) in [7, 11) is 0. The van der Waals surface area contributed by atoms with E-state index >= 15 is 0 Å². The van der Waals surface area contributed by atoms with Gasteiger partial charge in [0.1, 0.15) is 5.76 Å². The fourth-order valence-corrected chi connectivity index (χ4v) is 2.55. The Hall–Kier alpha value is -3.41. The average Bonchev–Trinajstić information content (AvgIpc) is 3.05. The first-order valence-electron chi connectivity index (χ1n) is 8.51. The number of aryl methyl sites for hydroxylation is 3. The fourth-order valence-electron chi connectivity index (χ4n) is 2.55. The third-order valence-electron chi connectivity index (χ3n) is 4.01. The number of carbonyl (C=O) groups excluding carboxylic acids is 2. The second-order valence-electron chi connectivity index (χ2n) is 6.23. The van der Waals surface area contributed by atoms with Crippen LogP contribution in [-0.2, 0) is 9.53 Å². The van der Waals surface area contributed by atoms with Gasteiger partial charge in [-0.2, -0.15) is 0 Å². The molecule has 0 atom stereocenters. The summed E-state index contributed by atoms with van der Waals surface area (Å²) in [6.45, 7) is 5.06. The molecule has 0 saturated carbocycles. The van der Waals surface area contributed by atoms with Crippen LogP contribution < -0.4 is 5.32 Å². The van der Waals surface area contributed by atoms with Gasteiger partial charge in [0.25, 0.3) is 5.91 Å². The van der Waals surface area contributed by atoms with Crippen LogP contribution in [0.4, 0.5) is 5.69 Å². The largest absolute Gasteiger partial charge is 0.451 e. The van der Waals surface area contributed by atoms with E-state index in [9.17, 15) is 9.59 Å². The normalized spacial score (nSPS) is 10.5. The number of rotatable bonds is 5. The van der Waals surface area contributed by atoms with Gasteiger partial charge in [-0.05, 0) is 50.1 Å². The number of hydrogen-bond donors (Lipinski definition) is 1. The molecule has 138 valence electrons. The van der Waals surface area contributed by atoms with Gasteiger partial charge in [-0.1, -0.05) is 30.3 Å². The quantitative estimate of drug-likeness (QED) is 0.691. The molecule has 0 saturated heterocycles. The van der Waals surface area contributed by atoms with Crippen molar-refractivity contribution in [3.05, 3.63) is 71.1 Å². The third kappa shape index (κ3) is 4.41. The number of oxazole rings is 1. The van der Waals surface area contributed by atoms with Crippen molar-refractivity contribution in [2.24, 2.45) is 0 Å². The highest BCUT2D eigenvalue weighted by Crippen LogP contribution is 2.22. The van der Waals surface area contributed by atoms with Crippen molar-refractivity contribution >= 4 is 17.6 Å². The average molecular weight is 364 g/mol. The Labute approximate surface area is 157 Å². The molecule has 0 aliphatic rings. The SMILES string of the molecule is Cc1ccc(C)c(NC(=O)COC(=O)c2nc(-c3ccccc3)oc2C)c1. The monoisotopic (exact) mass is 364 g/mol. The fraction of sp³-hybridized carbons (Fsp3) is 0.190. The van der Waals surface area contributed by atoms with E-state index in [-0.39, 0.29) is 5.69 Å². The summed E-state index contributed by atoms with van der Waals surface area (Å²) in [4.78, 5) is 28.5. The van der Waals surface area contributed by atoms with Crippen LogP contribution in [0.1, 0.15) is 27.4 Å². The number of aromatic nitrogens is 1. The van der Waals surface area contributed by atoms with Crippen molar-refractivity contribution in [3.63, 3.8) is 0 Å². The lowest BCUT2D eigenvalue weighted by Gasteiger charge is -2.09. The van der Waals surface area contributed by atoms with Crippen LogP contribution in [0.5, 0.6) is 0 Å². The zero-order valence-electron chi connectivity index (χ0n) is 15.4. The summed E-state index contributed by atoms with van der Waals surface area (Å²) < 4.78 is 10.6. The van der Waals surface area contributed by atoms with E-state index in [4.69, 9.17) is 9.15 Å². The van der Waals surface area contributed by atoms with Crippen LogP contribution in [-0.4, -0.2) is 23.5 Å². The number of nitrogens with one attached hydrogen (secondary N) is 1. The number of anilines is 1. The molecule has 0 aliphatic carbocycles. The summed E-state index contributed by atoms with van der Waals surface area (Å²) in [6, 6.07) is 15.0. The highest BCUT2D eigenvalue weighted by molar-refractivity contribution is 5.95. The maximum Gasteiger partial charge on any atom is 0.361 e. The summed E-state index contributed by atoms with van der Waals surface area (Å²) in [5, 5.41) is 2.74. The molecule has 6 heteroatoms. The molecule has 0 radical (unpaired) electrons. The second-order valence-corrected chi connectivity index (χ2v) is 6.23. The van der Waals surface area contributed by atoms with E-state index in [1.54, 1.807) is 6.92 Å². The number of nitrogens with zero attached hydrogens (tertiary/aromatic N) is 1. The highest BCUT2D eigenvalue weighted by atomic mass is 16.5. The molecule has 3 aromatic rings. The zero-order valence-corrected chi connectivity index (χ0v) is 15.4. The summed E-state index contributed by atoms with van der Waals surface area (Å²) in [5.41, 5.74) is 3.47. The first-order valence-corrected chi connectivity index (χ1v) is 8.51. The number of ether oxygens (including phenoxy) is 1.